The molecule has 0 saturated heterocycles. The molecule has 1 amide bonds. The maximum Gasteiger partial charge on any atom is 0.249 e. The van der Waals surface area contributed by atoms with Gasteiger partial charge in [0.1, 0.15) is 11.7 Å². The average Bonchev–Trinajstić information content (AvgIpc) is 3.66. The molecular formula is C22H24N6O. The van der Waals surface area contributed by atoms with Crippen LogP contribution in [-0.2, 0) is 10.2 Å². The minimum Gasteiger partial charge on any atom is -0.346 e. The van der Waals surface area contributed by atoms with E-state index in [1.165, 1.54) is 12.8 Å². The first-order chi connectivity index (χ1) is 14.0. The lowest BCUT2D eigenvalue weighted by molar-refractivity contribution is -0.120. The average molecular weight is 388 g/mol. The number of aromatic nitrogens is 2. The zero-order chi connectivity index (χ0) is 20.2. The van der Waals surface area contributed by atoms with Gasteiger partial charge in [0.05, 0.1) is 17.7 Å². The molecule has 0 bridgehead atoms. The molecule has 1 atom stereocenters. The molecule has 1 aliphatic heterocycles. The van der Waals surface area contributed by atoms with Crippen LogP contribution in [0.15, 0.2) is 30.5 Å². The summed E-state index contributed by atoms with van der Waals surface area (Å²) in [5, 5.41) is 12.6. The number of anilines is 4. The number of amides is 1. The summed E-state index contributed by atoms with van der Waals surface area (Å²) in [4.78, 5) is 25.6. The van der Waals surface area contributed by atoms with Gasteiger partial charge in [-0.1, -0.05) is 25.0 Å². The predicted octanol–water partition coefficient (Wildman–Crippen LogP) is 3.36. The SMILES string of the molecule is CN1C(=O)[C@H](CC2CC2)N(C)c2nc(Nc3ccc(C4(C#N)CC4)cc3)ncc21. The minimum absolute atomic E-state index is 0.110. The van der Waals surface area contributed by atoms with Crippen LogP contribution in [0.4, 0.5) is 23.1 Å². The summed E-state index contributed by atoms with van der Waals surface area (Å²) in [6, 6.07) is 10.2. The zero-order valence-corrected chi connectivity index (χ0v) is 16.7. The Labute approximate surface area is 170 Å². The number of fused-ring (bicyclic) bond motifs is 1. The van der Waals surface area contributed by atoms with Crippen molar-refractivity contribution in [3.05, 3.63) is 36.0 Å². The minimum atomic E-state index is -0.281. The lowest BCUT2D eigenvalue weighted by Gasteiger charge is -2.38. The quantitative estimate of drug-likeness (QED) is 0.845. The van der Waals surface area contributed by atoms with Gasteiger partial charge < -0.3 is 15.1 Å². The van der Waals surface area contributed by atoms with Gasteiger partial charge in [0.2, 0.25) is 11.9 Å². The van der Waals surface area contributed by atoms with Crippen LogP contribution in [0.3, 0.4) is 0 Å². The summed E-state index contributed by atoms with van der Waals surface area (Å²) in [7, 11) is 3.74. The van der Waals surface area contributed by atoms with E-state index in [-0.39, 0.29) is 17.4 Å². The molecule has 5 rings (SSSR count). The van der Waals surface area contributed by atoms with Gasteiger partial charge in [-0.15, -0.1) is 0 Å². The monoisotopic (exact) mass is 388 g/mol. The molecule has 2 aromatic rings. The van der Waals surface area contributed by atoms with Crippen molar-refractivity contribution >= 4 is 29.0 Å². The number of nitriles is 1. The first-order valence-corrected chi connectivity index (χ1v) is 10.2. The molecule has 1 N–H and O–H groups in total. The predicted molar refractivity (Wildman–Crippen MR) is 111 cm³/mol. The number of carbonyl (C=O) groups excluding carboxylic acids is 1. The molecule has 2 heterocycles. The Kier molecular flexibility index (Phi) is 3.98. The van der Waals surface area contributed by atoms with Gasteiger partial charge in [-0.25, -0.2) is 4.98 Å². The standard InChI is InChI=1S/C22H24N6O/c1-27-17(11-14-3-4-14)20(29)28(2)18-12-24-21(26-19(18)27)25-16-7-5-15(6-8-16)22(13-23)9-10-22/h5-8,12,14,17H,3-4,9-11H2,1-2H3,(H,24,25,26)/t17-/m0/s1. The van der Waals surface area contributed by atoms with Crippen molar-refractivity contribution in [3.63, 3.8) is 0 Å². The van der Waals surface area contributed by atoms with Gasteiger partial charge in [-0.05, 0) is 42.9 Å². The topological polar surface area (TPSA) is 85.2 Å². The molecule has 7 nitrogen and oxygen atoms in total. The van der Waals surface area contributed by atoms with Crippen molar-refractivity contribution in [3.8, 4) is 6.07 Å². The van der Waals surface area contributed by atoms with Gasteiger partial charge >= 0.3 is 0 Å². The van der Waals surface area contributed by atoms with Crippen LogP contribution in [0.1, 0.15) is 37.7 Å². The van der Waals surface area contributed by atoms with Crippen LogP contribution in [0.25, 0.3) is 0 Å². The van der Waals surface area contributed by atoms with Gasteiger partial charge in [-0.2, -0.15) is 10.2 Å². The molecule has 0 unspecified atom stereocenters. The van der Waals surface area contributed by atoms with E-state index in [0.29, 0.717) is 11.9 Å². The fraction of sp³-hybridized carbons (Fsp3) is 0.455. The Morgan fingerprint density at radius 3 is 2.59 bits per heavy atom. The molecule has 3 aliphatic rings. The highest BCUT2D eigenvalue weighted by atomic mass is 16.2. The van der Waals surface area contributed by atoms with Crippen molar-refractivity contribution in [1.82, 2.24) is 9.97 Å². The first kappa shape index (κ1) is 17.9. The van der Waals surface area contributed by atoms with E-state index in [9.17, 15) is 10.1 Å². The van der Waals surface area contributed by atoms with Gasteiger partial charge in [0.25, 0.3) is 0 Å². The highest BCUT2D eigenvalue weighted by molar-refractivity contribution is 6.04. The second kappa shape index (κ2) is 6.45. The Bertz CT molecular complexity index is 1000. The number of hydrogen-bond donors (Lipinski definition) is 1. The van der Waals surface area contributed by atoms with E-state index < -0.39 is 0 Å². The molecule has 2 saturated carbocycles. The summed E-state index contributed by atoms with van der Waals surface area (Å²) >= 11 is 0. The van der Waals surface area contributed by atoms with Crippen LogP contribution in [-0.4, -0.2) is 36.0 Å². The van der Waals surface area contributed by atoms with Gasteiger partial charge in [0.15, 0.2) is 5.82 Å². The molecule has 1 aromatic heterocycles. The molecule has 148 valence electrons. The van der Waals surface area contributed by atoms with Crippen LogP contribution >= 0.6 is 0 Å². The zero-order valence-electron chi connectivity index (χ0n) is 16.7. The highest BCUT2D eigenvalue weighted by Crippen LogP contribution is 2.47. The Morgan fingerprint density at radius 2 is 1.97 bits per heavy atom. The number of nitrogens with zero attached hydrogens (tertiary/aromatic N) is 5. The number of hydrogen-bond acceptors (Lipinski definition) is 6. The van der Waals surface area contributed by atoms with E-state index in [4.69, 9.17) is 4.98 Å². The lowest BCUT2D eigenvalue weighted by Crippen LogP contribution is -2.51. The third kappa shape index (κ3) is 3.09. The Balaban J connectivity index is 1.38. The Hall–Kier alpha value is -3.14. The molecular weight excluding hydrogens is 364 g/mol. The first-order valence-electron chi connectivity index (χ1n) is 10.2. The van der Waals surface area contributed by atoms with E-state index in [1.807, 2.05) is 36.2 Å². The number of benzene rings is 1. The van der Waals surface area contributed by atoms with Crippen molar-refractivity contribution in [2.24, 2.45) is 5.92 Å². The van der Waals surface area contributed by atoms with Crippen molar-refractivity contribution in [2.75, 3.05) is 29.2 Å². The normalized spacial score (nSPS) is 22.1. The van der Waals surface area contributed by atoms with E-state index in [2.05, 4.69) is 16.4 Å². The molecule has 2 aliphatic carbocycles. The smallest absolute Gasteiger partial charge is 0.249 e. The number of carbonyl (C=O) groups is 1. The van der Waals surface area contributed by atoms with Gasteiger partial charge in [0, 0.05) is 19.8 Å². The second-order valence-electron chi connectivity index (χ2n) is 8.50. The van der Waals surface area contributed by atoms with Crippen LogP contribution in [0.5, 0.6) is 0 Å². The lowest BCUT2D eigenvalue weighted by atomic mass is 9.98. The number of likely N-dealkylation sites (N-methyl/N-ethyl adjacent to an activating group) is 2. The highest BCUT2D eigenvalue weighted by Gasteiger charge is 2.44. The molecule has 2 fully saturated rings. The van der Waals surface area contributed by atoms with Crippen LogP contribution in [0, 0.1) is 17.2 Å². The molecule has 1 aromatic carbocycles. The fourth-order valence-electron chi connectivity index (χ4n) is 4.10. The third-order valence-corrected chi connectivity index (χ3v) is 6.44. The van der Waals surface area contributed by atoms with E-state index in [1.54, 1.807) is 18.1 Å². The Morgan fingerprint density at radius 1 is 1.24 bits per heavy atom. The third-order valence-electron chi connectivity index (χ3n) is 6.44. The van der Waals surface area contributed by atoms with Crippen LogP contribution in [0.2, 0.25) is 0 Å². The molecule has 0 radical (unpaired) electrons. The molecule has 0 spiro atoms. The van der Waals surface area contributed by atoms with Crippen molar-refractivity contribution in [1.29, 1.82) is 5.26 Å². The summed E-state index contributed by atoms with van der Waals surface area (Å²) in [5.74, 6) is 2.03. The second-order valence-corrected chi connectivity index (χ2v) is 8.50. The van der Waals surface area contributed by atoms with Crippen LogP contribution < -0.4 is 15.1 Å². The van der Waals surface area contributed by atoms with Gasteiger partial charge in [-0.3, -0.25) is 4.79 Å². The fourth-order valence-corrected chi connectivity index (χ4v) is 4.10. The summed E-state index contributed by atoms with van der Waals surface area (Å²) in [6.45, 7) is 0. The van der Waals surface area contributed by atoms with Crippen molar-refractivity contribution in [2.45, 2.75) is 43.6 Å². The number of nitrogens with one attached hydrogen (secondary N) is 1. The summed E-state index contributed by atoms with van der Waals surface area (Å²) in [5.41, 5.74) is 2.40. The number of rotatable bonds is 5. The van der Waals surface area contributed by atoms with Crippen molar-refractivity contribution < 1.29 is 4.79 Å². The van der Waals surface area contributed by atoms with E-state index in [0.717, 1.165) is 42.0 Å². The molecule has 29 heavy (non-hydrogen) atoms. The maximum absolute atomic E-state index is 12.8. The summed E-state index contributed by atoms with van der Waals surface area (Å²) < 4.78 is 0. The summed E-state index contributed by atoms with van der Waals surface area (Å²) in [6.07, 6.45) is 6.89. The largest absolute Gasteiger partial charge is 0.346 e. The maximum atomic E-state index is 12.8. The molecule has 7 heteroatoms. The van der Waals surface area contributed by atoms with E-state index >= 15 is 0 Å².